The van der Waals surface area contributed by atoms with Crippen molar-refractivity contribution in [1.29, 1.82) is 0 Å². The summed E-state index contributed by atoms with van der Waals surface area (Å²) in [7, 11) is 0. The van der Waals surface area contributed by atoms with Crippen LogP contribution in [0.1, 0.15) is 51.4 Å². The number of nitrogens with one attached hydrogen (secondary N) is 3. The largest absolute Gasteiger partial charge is 0.389 e. The van der Waals surface area contributed by atoms with Crippen LogP contribution in [-0.2, 0) is 19.2 Å². The first kappa shape index (κ1) is 33.8. The average molecular weight is 662 g/mol. The number of benzene rings is 1. The van der Waals surface area contributed by atoms with E-state index in [1.165, 1.54) is 4.90 Å². The van der Waals surface area contributed by atoms with Crippen LogP contribution in [0.5, 0.6) is 0 Å². The van der Waals surface area contributed by atoms with Gasteiger partial charge in [0.25, 0.3) is 5.91 Å². The van der Waals surface area contributed by atoms with Crippen LogP contribution >= 0.6 is 0 Å². The first-order valence-electron chi connectivity index (χ1n) is 15.6. The number of amides is 4. The lowest BCUT2D eigenvalue weighted by atomic mass is 9.91. The maximum absolute atomic E-state index is 14.5. The molecular formula is C30H37F6N5O5. The maximum atomic E-state index is 14.5. The van der Waals surface area contributed by atoms with Crippen LogP contribution in [0.3, 0.4) is 0 Å². The Morgan fingerprint density at radius 3 is 2.30 bits per heavy atom. The van der Waals surface area contributed by atoms with Gasteiger partial charge in [0.1, 0.15) is 23.6 Å². The molecule has 1 saturated carbocycles. The first-order valence-corrected chi connectivity index (χ1v) is 15.6. The highest BCUT2D eigenvalue weighted by Crippen LogP contribution is 2.43. The van der Waals surface area contributed by atoms with E-state index >= 15 is 0 Å². The van der Waals surface area contributed by atoms with E-state index in [4.69, 9.17) is 0 Å². The van der Waals surface area contributed by atoms with Gasteiger partial charge in [-0.3, -0.25) is 19.2 Å². The molecule has 1 aliphatic carbocycles. The summed E-state index contributed by atoms with van der Waals surface area (Å²) in [5.74, 6) is -8.02. The zero-order chi connectivity index (χ0) is 33.3. The number of likely N-dealkylation sites (tertiary alicyclic amines) is 2. The number of carbonyl (C=O) groups excluding carboxylic acids is 4. The summed E-state index contributed by atoms with van der Waals surface area (Å²) in [6.45, 7) is 1.23. The van der Waals surface area contributed by atoms with Gasteiger partial charge in [0.2, 0.25) is 17.7 Å². The second kappa shape index (κ2) is 13.7. The minimum absolute atomic E-state index is 0.00880. The molecule has 254 valence electrons. The minimum Gasteiger partial charge on any atom is -0.381 e. The Balaban J connectivity index is 1.40. The number of alkyl halides is 3. The van der Waals surface area contributed by atoms with Crippen molar-refractivity contribution in [2.75, 3.05) is 31.5 Å². The maximum Gasteiger partial charge on any atom is 0.389 e. The number of aliphatic hydroxyl groups excluding tert-OH is 1. The zero-order valence-electron chi connectivity index (χ0n) is 24.9. The lowest BCUT2D eigenvalue weighted by molar-refractivity contribution is -0.148. The van der Waals surface area contributed by atoms with Crippen LogP contribution < -0.4 is 16.0 Å². The molecule has 10 nitrogen and oxygen atoms in total. The number of hydrogen-bond donors (Lipinski definition) is 4. The second-order valence-corrected chi connectivity index (χ2v) is 12.6. The molecule has 3 aliphatic heterocycles. The van der Waals surface area contributed by atoms with Crippen LogP contribution in [0, 0.1) is 35.2 Å². The monoisotopic (exact) mass is 661 g/mol. The summed E-state index contributed by atoms with van der Waals surface area (Å²) in [6.07, 6.45) is -5.87. The van der Waals surface area contributed by atoms with Gasteiger partial charge >= 0.3 is 6.18 Å². The van der Waals surface area contributed by atoms with Gasteiger partial charge in [-0.15, -0.1) is 0 Å². The third-order valence-corrected chi connectivity index (χ3v) is 9.61. The number of anilines is 1. The lowest BCUT2D eigenvalue weighted by Gasteiger charge is -2.36. The molecule has 1 aromatic carbocycles. The predicted molar refractivity (Wildman–Crippen MR) is 150 cm³/mol. The van der Waals surface area contributed by atoms with Crippen molar-refractivity contribution >= 4 is 29.3 Å². The lowest BCUT2D eigenvalue weighted by Crippen LogP contribution is -2.59. The van der Waals surface area contributed by atoms with Crippen molar-refractivity contribution in [2.45, 2.75) is 81.8 Å². The molecule has 4 fully saturated rings. The van der Waals surface area contributed by atoms with Gasteiger partial charge in [0.15, 0.2) is 17.7 Å². The van der Waals surface area contributed by atoms with Crippen molar-refractivity contribution in [3.8, 4) is 0 Å². The highest BCUT2D eigenvalue weighted by atomic mass is 19.4. The Kier molecular flexibility index (Phi) is 10.0. The Morgan fingerprint density at radius 1 is 1.02 bits per heavy atom. The Morgan fingerprint density at radius 2 is 1.72 bits per heavy atom. The van der Waals surface area contributed by atoms with Crippen molar-refractivity contribution in [2.24, 2.45) is 17.8 Å². The zero-order valence-corrected chi connectivity index (χ0v) is 24.9. The molecule has 16 heteroatoms. The molecule has 1 unspecified atom stereocenters. The number of fused-ring (bicyclic) bond motifs is 1. The highest BCUT2D eigenvalue weighted by molar-refractivity contribution is 5.93. The number of hydrogen-bond acceptors (Lipinski definition) is 6. The van der Waals surface area contributed by atoms with Crippen LogP contribution in [0.4, 0.5) is 32.0 Å². The number of nitrogens with zero attached hydrogens (tertiary/aromatic N) is 2. The van der Waals surface area contributed by atoms with E-state index in [1.807, 2.05) is 0 Å². The highest BCUT2D eigenvalue weighted by Gasteiger charge is 2.51. The fourth-order valence-corrected chi connectivity index (χ4v) is 7.10. The van der Waals surface area contributed by atoms with E-state index in [1.54, 1.807) is 0 Å². The quantitative estimate of drug-likeness (QED) is 0.270. The van der Waals surface area contributed by atoms with Gasteiger partial charge in [0, 0.05) is 50.7 Å². The third kappa shape index (κ3) is 7.36. The summed E-state index contributed by atoms with van der Waals surface area (Å²) < 4.78 is 82.3. The molecule has 46 heavy (non-hydrogen) atoms. The van der Waals surface area contributed by atoms with E-state index in [0.717, 1.165) is 17.7 Å². The van der Waals surface area contributed by atoms with Gasteiger partial charge in [-0.05, 0) is 50.4 Å². The van der Waals surface area contributed by atoms with Crippen molar-refractivity contribution in [1.82, 2.24) is 20.4 Å². The third-order valence-electron chi connectivity index (χ3n) is 9.61. The van der Waals surface area contributed by atoms with Crippen LogP contribution in [0.25, 0.3) is 0 Å². The molecule has 5 rings (SSSR count). The molecule has 0 spiro atoms. The van der Waals surface area contributed by atoms with Gasteiger partial charge in [-0.25, -0.2) is 13.2 Å². The molecular weight excluding hydrogens is 624 g/mol. The van der Waals surface area contributed by atoms with Gasteiger partial charge < -0.3 is 30.9 Å². The molecule has 4 N–H and O–H groups in total. The standard InChI is InChI=1S/C30H37F6N5O5/c31-17-12-19(32)23(20(33)13-17)38-21(5-7-30(34,35)36)28(45)41-14-16-3-1-4-18(16)24(41)27(44)39-22(11-15-6-8-37-26(15)43)25(42)29(46)40-9-2-10-40/h12-13,15-16,18,21-22,24-25,38,42H,1-11,14H2,(H,37,43)(H,39,44)/t15-,16-,18-,21+,22-,24-,25?/m0/s1. The molecule has 7 atom stereocenters. The SMILES string of the molecule is O=C1NCC[C@H]1C[C@H](NC(=O)[C@@H]1[C@H]2CCC[C@H]2CN1C(=O)[C@@H](CCC(F)(F)F)Nc1c(F)cc(F)cc1F)C(O)C(=O)N1CCC1. The smallest absolute Gasteiger partial charge is 0.381 e. The summed E-state index contributed by atoms with van der Waals surface area (Å²) in [5, 5.41) is 18.6. The predicted octanol–water partition coefficient (Wildman–Crippen LogP) is 2.46. The van der Waals surface area contributed by atoms with Gasteiger partial charge in [0.05, 0.1) is 6.04 Å². The van der Waals surface area contributed by atoms with E-state index in [-0.39, 0.29) is 24.8 Å². The van der Waals surface area contributed by atoms with Crippen LogP contribution in [0.15, 0.2) is 12.1 Å². The van der Waals surface area contributed by atoms with Gasteiger partial charge in [-0.2, -0.15) is 13.2 Å². The Labute approximate surface area is 261 Å². The molecule has 4 amide bonds. The fraction of sp³-hybridized carbons (Fsp3) is 0.667. The second-order valence-electron chi connectivity index (χ2n) is 12.6. The van der Waals surface area contributed by atoms with Crippen LogP contribution in [0.2, 0.25) is 0 Å². The minimum atomic E-state index is -4.72. The summed E-state index contributed by atoms with van der Waals surface area (Å²) >= 11 is 0. The Bertz CT molecular complexity index is 1320. The molecule has 3 saturated heterocycles. The summed E-state index contributed by atoms with van der Waals surface area (Å²) in [6, 6.07) is -3.60. The molecule has 0 bridgehead atoms. The number of carbonyl (C=O) groups is 4. The van der Waals surface area contributed by atoms with E-state index in [9.17, 15) is 50.6 Å². The number of aliphatic hydroxyl groups is 1. The summed E-state index contributed by atoms with van der Waals surface area (Å²) in [5.41, 5.74) is -0.982. The van der Waals surface area contributed by atoms with Crippen molar-refractivity contribution < 1.29 is 50.6 Å². The van der Waals surface area contributed by atoms with E-state index in [2.05, 4.69) is 16.0 Å². The normalized spacial score (nSPS) is 26.2. The van der Waals surface area contributed by atoms with E-state index < -0.39 is 95.9 Å². The summed E-state index contributed by atoms with van der Waals surface area (Å²) in [4.78, 5) is 55.7. The fourth-order valence-electron chi connectivity index (χ4n) is 7.10. The molecule has 4 aliphatic rings. The topological polar surface area (TPSA) is 131 Å². The molecule has 0 radical (unpaired) electrons. The van der Waals surface area contributed by atoms with Crippen molar-refractivity contribution in [3.05, 3.63) is 29.6 Å². The average Bonchev–Trinajstić information content (AvgIpc) is 3.65. The number of rotatable bonds is 11. The van der Waals surface area contributed by atoms with Crippen LogP contribution in [-0.4, -0.2) is 95.1 Å². The molecule has 3 heterocycles. The molecule has 1 aromatic rings. The van der Waals surface area contributed by atoms with Gasteiger partial charge in [-0.1, -0.05) is 6.42 Å². The Hall–Kier alpha value is -3.56. The molecule has 0 aromatic heterocycles. The number of halogens is 6. The van der Waals surface area contributed by atoms with E-state index in [0.29, 0.717) is 51.0 Å². The first-order chi connectivity index (χ1) is 21.7. The van der Waals surface area contributed by atoms with Crippen molar-refractivity contribution in [3.63, 3.8) is 0 Å².